The number of benzene rings is 1. The van der Waals surface area contributed by atoms with Gasteiger partial charge in [0.2, 0.25) is 0 Å². The van der Waals surface area contributed by atoms with E-state index in [4.69, 9.17) is 4.74 Å². The second-order valence-corrected chi connectivity index (χ2v) is 3.96. The van der Waals surface area contributed by atoms with Crippen molar-refractivity contribution in [3.05, 3.63) is 59.7 Å². The molecule has 0 N–H and O–H groups in total. The van der Waals surface area contributed by atoms with Crippen molar-refractivity contribution in [2.24, 2.45) is 0 Å². The summed E-state index contributed by atoms with van der Waals surface area (Å²) in [4.78, 5) is 0. The molecule has 1 aromatic carbocycles. The fourth-order valence-electron chi connectivity index (χ4n) is 1.48. The first-order valence-electron chi connectivity index (χ1n) is 5.23. The Morgan fingerprint density at radius 2 is 1.94 bits per heavy atom. The van der Waals surface area contributed by atoms with Crippen molar-refractivity contribution >= 4 is 0 Å². The van der Waals surface area contributed by atoms with E-state index in [0.717, 1.165) is 16.7 Å². The van der Waals surface area contributed by atoms with Crippen molar-refractivity contribution in [3.63, 3.8) is 0 Å². The van der Waals surface area contributed by atoms with Crippen LogP contribution in [0.5, 0.6) is 0 Å². The highest BCUT2D eigenvalue weighted by Crippen LogP contribution is 2.21. The van der Waals surface area contributed by atoms with Crippen LogP contribution in [0.25, 0.3) is 0 Å². The van der Waals surface area contributed by atoms with Crippen LogP contribution in [0.1, 0.15) is 11.1 Å². The van der Waals surface area contributed by atoms with Crippen LogP contribution in [0, 0.1) is 18.8 Å². The summed E-state index contributed by atoms with van der Waals surface area (Å²) in [5.41, 5.74) is 4.09. The number of hydrogen-bond acceptors (Lipinski definition) is 1. The third-order valence-electron chi connectivity index (χ3n) is 2.59. The van der Waals surface area contributed by atoms with Gasteiger partial charge in [-0.25, -0.2) is 0 Å². The van der Waals surface area contributed by atoms with Crippen LogP contribution in [0.4, 0.5) is 0 Å². The zero-order chi connectivity index (χ0) is 11.5. The molecule has 0 saturated carbocycles. The molecule has 16 heavy (non-hydrogen) atoms. The highest BCUT2D eigenvalue weighted by Gasteiger charge is 2.20. The van der Waals surface area contributed by atoms with Gasteiger partial charge < -0.3 is 4.74 Å². The lowest BCUT2D eigenvalue weighted by Crippen LogP contribution is -2.02. The van der Waals surface area contributed by atoms with Crippen LogP contribution in [0.3, 0.4) is 0 Å². The lowest BCUT2D eigenvalue weighted by Gasteiger charge is -2.00. The van der Waals surface area contributed by atoms with E-state index < -0.39 is 0 Å². The zero-order valence-electron chi connectivity index (χ0n) is 9.42. The average Bonchev–Trinajstić information content (AvgIpc) is 2.60. The molecule has 0 aliphatic carbocycles. The van der Waals surface area contributed by atoms with Crippen molar-refractivity contribution < 1.29 is 4.74 Å². The summed E-state index contributed by atoms with van der Waals surface area (Å²) in [6, 6.07) is 8.12. The lowest BCUT2D eigenvalue weighted by molar-refractivity contribution is 0.170. The van der Waals surface area contributed by atoms with Gasteiger partial charge in [0.15, 0.2) is 0 Å². The van der Waals surface area contributed by atoms with Gasteiger partial charge in [-0.1, -0.05) is 42.7 Å². The molecule has 1 aliphatic heterocycles. The fraction of sp³-hybridized carbons (Fsp3) is 0.200. The number of ether oxygens (including phenoxy) is 1. The van der Waals surface area contributed by atoms with E-state index in [1.165, 1.54) is 5.56 Å². The normalized spacial score (nSPS) is 19.4. The maximum Gasteiger partial charge on any atom is 0.143 e. The molecule has 1 nitrogen and oxygen atoms in total. The molecule has 0 radical (unpaired) electrons. The molecule has 80 valence electrons. The molecular weight excluding hydrogens is 196 g/mol. The van der Waals surface area contributed by atoms with E-state index >= 15 is 0 Å². The quantitative estimate of drug-likeness (QED) is 0.598. The monoisotopic (exact) mass is 210 g/mol. The molecule has 1 saturated heterocycles. The molecule has 1 aliphatic rings. The maximum atomic E-state index is 5.45. The summed E-state index contributed by atoms with van der Waals surface area (Å²) in [5, 5.41) is 0. The maximum absolute atomic E-state index is 5.45. The second kappa shape index (κ2) is 4.38. The standard InChI is InChI=1S/C15H14O/c1-11-4-6-14(7-5-11)8-9-15-13(3)12(2)10-16-15/h4-7,15H,2-3,10H2,1H3. The zero-order valence-corrected chi connectivity index (χ0v) is 9.42. The number of hydrogen-bond donors (Lipinski definition) is 0. The Kier molecular flexibility index (Phi) is 2.94. The third kappa shape index (κ3) is 2.24. The molecule has 0 aromatic heterocycles. The molecule has 1 unspecified atom stereocenters. The molecule has 1 aromatic rings. The van der Waals surface area contributed by atoms with Crippen molar-refractivity contribution in [2.45, 2.75) is 13.0 Å². The van der Waals surface area contributed by atoms with Gasteiger partial charge in [0.1, 0.15) is 6.10 Å². The molecule has 1 atom stereocenters. The predicted molar refractivity (Wildman–Crippen MR) is 66.1 cm³/mol. The first kappa shape index (κ1) is 10.7. The molecule has 1 fully saturated rings. The number of aryl methyl sites for hydroxylation is 1. The van der Waals surface area contributed by atoms with Gasteiger partial charge in [-0.05, 0) is 30.2 Å². The summed E-state index contributed by atoms with van der Waals surface area (Å²) < 4.78 is 5.45. The van der Waals surface area contributed by atoms with Crippen molar-refractivity contribution in [3.8, 4) is 11.8 Å². The third-order valence-corrected chi connectivity index (χ3v) is 2.59. The topological polar surface area (TPSA) is 9.23 Å². The van der Waals surface area contributed by atoms with E-state index in [9.17, 15) is 0 Å². The summed E-state index contributed by atoms with van der Waals surface area (Å²) >= 11 is 0. The minimum Gasteiger partial charge on any atom is -0.356 e. The van der Waals surface area contributed by atoms with Crippen LogP contribution in [-0.4, -0.2) is 12.7 Å². The van der Waals surface area contributed by atoms with E-state index in [1.54, 1.807) is 0 Å². The largest absolute Gasteiger partial charge is 0.356 e. The Hall–Kier alpha value is -1.78. The van der Waals surface area contributed by atoms with Crippen LogP contribution in [0.2, 0.25) is 0 Å². The first-order chi connectivity index (χ1) is 7.66. The van der Waals surface area contributed by atoms with Crippen LogP contribution < -0.4 is 0 Å². The van der Waals surface area contributed by atoms with E-state index in [2.05, 4.69) is 31.9 Å². The molecule has 1 heteroatoms. The van der Waals surface area contributed by atoms with Gasteiger partial charge in [-0.3, -0.25) is 0 Å². The Morgan fingerprint density at radius 1 is 1.25 bits per heavy atom. The van der Waals surface area contributed by atoms with Gasteiger partial charge in [0.25, 0.3) is 0 Å². The van der Waals surface area contributed by atoms with Gasteiger partial charge >= 0.3 is 0 Å². The second-order valence-electron chi connectivity index (χ2n) is 3.96. The molecular formula is C15H14O. The SMILES string of the molecule is C=C1COC(C#Cc2ccc(C)cc2)C1=C. The van der Waals surface area contributed by atoms with Crippen LogP contribution in [-0.2, 0) is 4.74 Å². The Morgan fingerprint density at radius 3 is 2.50 bits per heavy atom. The lowest BCUT2D eigenvalue weighted by atomic mass is 10.1. The first-order valence-corrected chi connectivity index (χ1v) is 5.23. The van der Waals surface area contributed by atoms with Crippen LogP contribution in [0.15, 0.2) is 48.6 Å². The smallest absolute Gasteiger partial charge is 0.143 e. The Balaban J connectivity index is 2.13. The van der Waals surface area contributed by atoms with Crippen molar-refractivity contribution in [1.29, 1.82) is 0 Å². The summed E-state index contributed by atoms with van der Waals surface area (Å²) in [7, 11) is 0. The summed E-state index contributed by atoms with van der Waals surface area (Å²) in [6.07, 6.45) is -0.186. The van der Waals surface area contributed by atoms with E-state index in [-0.39, 0.29) is 6.10 Å². The molecule has 0 amide bonds. The van der Waals surface area contributed by atoms with Gasteiger partial charge in [0, 0.05) is 5.56 Å². The van der Waals surface area contributed by atoms with Gasteiger partial charge in [-0.2, -0.15) is 0 Å². The minimum absolute atomic E-state index is 0.186. The number of rotatable bonds is 0. The van der Waals surface area contributed by atoms with Gasteiger partial charge in [0.05, 0.1) is 6.61 Å². The molecule has 2 rings (SSSR count). The highest BCUT2D eigenvalue weighted by atomic mass is 16.5. The fourth-order valence-corrected chi connectivity index (χ4v) is 1.48. The molecule has 0 bridgehead atoms. The minimum atomic E-state index is -0.186. The summed E-state index contributed by atoms with van der Waals surface area (Å²) in [5.74, 6) is 6.15. The van der Waals surface area contributed by atoms with E-state index in [1.807, 2.05) is 24.3 Å². The Labute approximate surface area is 96.4 Å². The van der Waals surface area contributed by atoms with Crippen molar-refractivity contribution in [1.82, 2.24) is 0 Å². The summed E-state index contributed by atoms with van der Waals surface area (Å²) in [6.45, 7) is 10.4. The highest BCUT2D eigenvalue weighted by molar-refractivity contribution is 5.43. The average molecular weight is 210 g/mol. The predicted octanol–water partition coefficient (Wildman–Crippen LogP) is 2.86. The molecule has 1 heterocycles. The molecule has 0 spiro atoms. The van der Waals surface area contributed by atoms with Crippen molar-refractivity contribution in [2.75, 3.05) is 6.61 Å². The van der Waals surface area contributed by atoms with Gasteiger partial charge in [-0.15, -0.1) is 0 Å². The Bertz CT molecular complexity index is 482. The van der Waals surface area contributed by atoms with E-state index in [0.29, 0.717) is 6.61 Å². The van der Waals surface area contributed by atoms with Crippen LogP contribution >= 0.6 is 0 Å².